The fraction of sp³-hybridized carbons (Fsp3) is 1.00. The van der Waals surface area contributed by atoms with Crippen LogP contribution in [-0.4, -0.2) is 37.3 Å². The van der Waals surface area contributed by atoms with Crippen molar-refractivity contribution in [3.63, 3.8) is 0 Å². The predicted octanol–water partition coefficient (Wildman–Crippen LogP) is 1.06. The van der Waals surface area contributed by atoms with Crippen LogP contribution in [0.4, 0.5) is 0 Å². The van der Waals surface area contributed by atoms with Crippen molar-refractivity contribution in [1.29, 1.82) is 0 Å². The van der Waals surface area contributed by atoms with Crippen LogP contribution < -0.4 is 0 Å². The maximum absolute atomic E-state index is 8.49. The Morgan fingerprint density at radius 2 is 2.00 bits per heavy atom. The van der Waals surface area contributed by atoms with Crippen molar-refractivity contribution in [1.82, 2.24) is 0 Å². The first-order chi connectivity index (χ1) is 6.12. The monoisotopic (exact) mass is 189 g/mol. The average molecular weight is 189 g/mol. The van der Waals surface area contributed by atoms with Crippen LogP contribution in [0, 0.1) is 0 Å². The van der Waals surface area contributed by atoms with Gasteiger partial charge in [-0.1, -0.05) is 5.11 Å². The van der Waals surface area contributed by atoms with E-state index in [2.05, 4.69) is 10.0 Å². The van der Waals surface area contributed by atoms with Gasteiger partial charge in [-0.3, -0.25) is 0 Å². The van der Waals surface area contributed by atoms with Crippen LogP contribution in [0.2, 0.25) is 0 Å². The van der Waals surface area contributed by atoms with E-state index in [1.807, 2.05) is 0 Å². The Kier molecular flexibility index (Phi) is 6.26. The summed E-state index contributed by atoms with van der Waals surface area (Å²) in [6.45, 7) is 4.25. The molecule has 0 aromatic heterocycles. The number of rotatable bonds is 7. The number of ether oxygens (including phenoxy) is 2. The molecular weight excluding hydrogens is 174 g/mol. The second-order valence-electron chi connectivity index (χ2n) is 2.77. The van der Waals surface area contributed by atoms with E-state index in [1.165, 1.54) is 0 Å². The van der Waals surface area contributed by atoms with E-state index in [0.29, 0.717) is 6.61 Å². The Balaban J connectivity index is 3.55. The van der Waals surface area contributed by atoms with Crippen molar-refractivity contribution >= 4 is 0 Å². The van der Waals surface area contributed by atoms with Gasteiger partial charge in [-0.15, -0.1) is 0 Å². The van der Waals surface area contributed by atoms with E-state index in [0.717, 1.165) is 0 Å². The van der Waals surface area contributed by atoms with Gasteiger partial charge in [0.2, 0.25) is 0 Å². The van der Waals surface area contributed by atoms with E-state index < -0.39 is 5.79 Å². The van der Waals surface area contributed by atoms with E-state index in [4.69, 9.17) is 20.1 Å². The Morgan fingerprint density at radius 3 is 2.54 bits per heavy atom. The molecule has 1 N–H and O–H groups in total. The summed E-state index contributed by atoms with van der Waals surface area (Å²) in [5.41, 5.74) is 7.98. The Morgan fingerprint density at radius 1 is 1.38 bits per heavy atom. The van der Waals surface area contributed by atoms with Gasteiger partial charge in [-0.05, 0) is 19.4 Å². The maximum atomic E-state index is 8.49. The summed E-state index contributed by atoms with van der Waals surface area (Å²) in [7, 11) is 0. The van der Waals surface area contributed by atoms with Crippen LogP contribution in [0.15, 0.2) is 5.11 Å². The Bertz CT molecular complexity index is 178. The van der Waals surface area contributed by atoms with Gasteiger partial charge in [0.15, 0.2) is 5.79 Å². The minimum Gasteiger partial charge on any atom is -0.394 e. The fourth-order valence-corrected chi connectivity index (χ4v) is 0.710. The molecule has 0 aromatic carbocycles. The minimum absolute atomic E-state index is 0.0386. The highest BCUT2D eigenvalue weighted by Crippen LogP contribution is 2.10. The Labute approximate surface area is 77.1 Å². The molecule has 0 amide bonds. The van der Waals surface area contributed by atoms with Gasteiger partial charge in [0.05, 0.1) is 19.8 Å². The number of aliphatic hydroxyl groups is 1. The van der Waals surface area contributed by atoms with Gasteiger partial charge in [0, 0.05) is 11.5 Å². The zero-order valence-corrected chi connectivity index (χ0v) is 7.93. The van der Waals surface area contributed by atoms with Crippen molar-refractivity contribution in [3.8, 4) is 0 Å². The first-order valence-electron chi connectivity index (χ1n) is 4.02. The number of aliphatic hydroxyl groups excluding tert-OH is 1. The summed E-state index contributed by atoms with van der Waals surface area (Å²) in [5, 5.41) is 11.8. The van der Waals surface area contributed by atoms with Gasteiger partial charge in [0.25, 0.3) is 0 Å². The summed E-state index contributed by atoms with van der Waals surface area (Å²) < 4.78 is 10.4. The molecule has 0 aliphatic heterocycles. The summed E-state index contributed by atoms with van der Waals surface area (Å²) in [6.07, 6.45) is 0. The zero-order valence-electron chi connectivity index (χ0n) is 7.93. The largest absolute Gasteiger partial charge is 0.394 e. The molecule has 0 aliphatic carbocycles. The number of hydrogen-bond donors (Lipinski definition) is 1. The maximum Gasteiger partial charge on any atom is 0.162 e. The standard InChI is InChI=1S/C7H15N3O3/c1-7(2,13-6-4-11)12-5-3-9-10-8/h11H,3-6H2,1-2H3. The molecule has 0 heterocycles. The Hall–Kier alpha value is -0.810. The van der Waals surface area contributed by atoms with Gasteiger partial charge in [-0.25, -0.2) is 0 Å². The molecule has 0 aromatic rings. The number of nitrogens with zero attached hydrogens (tertiary/aromatic N) is 3. The van der Waals surface area contributed by atoms with Crippen molar-refractivity contribution in [2.75, 3.05) is 26.4 Å². The zero-order chi connectivity index (χ0) is 10.2. The summed E-state index contributed by atoms with van der Waals surface area (Å²) in [4.78, 5) is 2.58. The lowest BCUT2D eigenvalue weighted by Gasteiger charge is -2.24. The highest BCUT2D eigenvalue weighted by Gasteiger charge is 2.17. The molecule has 0 saturated heterocycles. The van der Waals surface area contributed by atoms with E-state index in [9.17, 15) is 0 Å². The average Bonchev–Trinajstić information content (AvgIpc) is 2.09. The van der Waals surface area contributed by atoms with Crippen molar-refractivity contribution in [2.24, 2.45) is 5.11 Å². The molecule has 0 saturated carbocycles. The highest BCUT2D eigenvalue weighted by atomic mass is 16.7. The van der Waals surface area contributed by atoms with Crippen molar-refractivity contribution < 1.29 is 14.6 Å². The van der Waals surface area contributed by atoms with Gasteiger partial charge in [0.1, 0.15) is 0 Å². The topological polar surface area (TPSA) is 87.5 Å². The molecule has 0 radical (unpaired) electrons. The second kappa shape index (κ2) is 6.68. The SMILES string of the molecule is CC(C)(OCCO)OCCN=[N+]=[N-]. The quantitative estimate of drug-likeness (QED) is 0.213. The van der Waals surface area contributed by atoms with Crippen LogP contribution in [0.3, 0.4) is 0 Å². The summed E-state index contributed by atoms with van der Waals surface area (Å²) in [6, 6.07) is 0. The van der Waals surface area contributed by atoms with Crippen LogP contribution in [-0.2, 0) is 9.47 Å². The van der Waals surface area contributed by atoms with E-state index in [-0.39, 0.29) is 19.8 Å². The molecule has 0 rings (SSSR count). The molecule has 0 fully saturated rings. The second-order valence-corrected chi connectivity index (χ2v) is 2.77. The van der Waals surface area contributed by atoms with Crippen molar-refractivity contribution in [3.05, 3.63) is 10.4 Å². The molecule has 0 bridgehead atoms. The normalized spacial score (nSPS) is 11.0. The van der Waals surface area contributed by atoms with Gasteiger partial charge >= 0.3 is 0 Å². The summed E-state index contributed by atoms with van der Waals surface area (Å²) in [5.74, 6) is -0.742. The van der Waals surface area contributed by atoms with Gasteiger partial charge in [-0.2, -0.15) is 0 Å². The lowest BCUT2D eigenvalue weighted by molar-refractivity contribution is -0.215. The molecule has 6 nitrogen and oxygen atoms in total. The lowest BCUT2D eigenvalue weighted by Crippen LogP contribution is -2.30. The van der Waals surface area contributed by atoms with Crippen LogP contribution in [0.5, 0.6) is 0 Å². The molecular formula is C7H15N3O3. The van der Waals surface area contributed by atoms with Crippen LogP contribution in [0.25, 0.3) is 10.4 Å². The third kappa shape index (κ3) is 7.55. The van der Waals surface area contributed by atoms with Gasteiger partial charge < -0.3 is 14.6 Å². The van der Waals surface area contributed by atoms with Crippen molar-refractivity contribution in [2.45, 2.75) is 19.6 Å². The molecule has 0 aliphatic rings. The number of azide groups is 1. The third-order valence-electron chi connectivity index (χ3n) is 1.25. The molecule has 0 unspecified atom stereocenters. The highest BCUT2D eigenvalue weighted by molar-refractivity contribution is 4.54. The summed E-state index contributed by atoms with van der Waals surface area (Å²) >= 11 is 0. The molecule has 76 valence electrons. The minimum atomic E-state index is -0.742. The molecule has 13 heavy (non-hydrogen) atoms. The first kappa shape index (κ1) is 12.2. The molecule has 0 atom stereocenters. The third-order valence-corrected chi connectivity index (χ3v) is 1.25. The smallest absolute Gasteiger partial charge is 0.162 e. The van der Waals surface area contributed by atoms with Crippen LogP contribution >= 0.6 is 0 Å². The van der Waals surface area contributed by atoms with E-state index in [1.54, 1.807) is 13.8 Å². The lowest BCUT2D eigenvalue weighted by atomic mass is 10.4. The van der Waals surface area contributed by atoms with E-state index >= 15 is 0 Å². The molecule has 6 heteroatoms. The van der Waals surface area contributed by atoms with Crippen LogP contribution in [0.1, 0.15) is 13.8 Å². The fourth-order valence-electron chi connectivity index (χ4n) is 0.710. The molecule has 0 spiro atoms. The predicted molar refractivity (Wildman–Crippen MR) is 47.1 cm³/mol. The number of hydrogen-bond acceptors (Lipinski definition) is 4. The first-order valence-corrected chi connectivity index (χ1v) is 4.02.